The summed E-state index contributed by atoms with van der Waals surface area (Å²) >= 11 is 0. The average Bonchev–Trinajstić information content (AvgIpc) is 3.42. The molecule has 2 fully saturated rings. The molecule has 7 atom stereocenters. The van der Waals surface area contributed by atoms with Crippen LogP contribution in [0.5, 0.6) is 0 Å². The van der Waals surface area contributed by atoms with E-state index in [4.69, 9.17) is 4.74 Å². The Morgan fingerprint density at radius 1 is 0.667 bits per heavy atom. The van der Waals surface area contributed by atoms with E-state index in [1.807, 2.05) is 6.08 Å². The Hall–Kier alpha value is -2.68. The molecule has 1 saturated heterocycles. The van der Waals surface area contributed by atoms with Crippen molar-refractivity contribution >= 4 is 0 Å². The first-order valence-electron chi connectivity index (χ1n) is 11.0. The number of benzene rings is 3. The predicted octanol–water partition coefficient (Wildman–Crippen LogP) is 5.02. The number of hydrogen-bond acceptors (Lipinski definition) is 2. The second-order valence-electron chi connectivity index (χ2n) is 9.34. The molecular weight excluding hydrogens is 368 g/mol. The van der Waals surface area contributed by atoms with Crippen molar-refractivity contribution in [1.29, 1.82) is 0 Å². The normalized spacial score (nSPS) is 39.7. The average molecular weight is 392 g/mol. The third-order valence-corrected chi connectivity index (χ3v) is 8.24. The fraction of sp³-hybridized carbons (Fsp3) is 0.286. The van der Waals surface area contributed by atoms with Crippen LogP contribution in [-0.2, 0) is 15.9 Å². The Balaban J connectivity index is 1.60. The van der Waals surface area contributed by atoms with Gasteiger partial charge in [-0.3, -0.25) is 0 Å². The highest BCUT2D eigenvalue weighted by Crippen LogP contribution is 2.75. The summed E-state index contributed by atoms with van der Waals surface area (Å²) < 4.78 is 7.40. The molecule has 2 heteroatoms. The van der Waals surface area contributed by atoms with Crippen LogP contribution >= 0.6 is 0 Å². The van der Waals surface area contributed by atoms with E-state index in [2.05, 4.69) is 91.0 Å². The molecule has 2 nitrogen and oxygen atoms in total. The van der Waals surface area contributed by atoms with Crippen LogP contribution < -0.4 is 0 Å². The van der Waals surface area contributed by atoms with E-state index >= 15 is 0 Å². The molecule has 2 aliphatic carbocycles. The molecular formula is C28H24O2. The van der Waals surface area contributed by atoms with Gasteiger partial charge in [-0.2, -0.15) is 0 Å². The van der Waals surface area contributed by atoms with Crippen LogP contribution in [0.4, 0.5) is 0 Å². The smallest absolute Gasteiger partial charge is 0.124 e. The van der Waals surface area contributed by atoms with E-state index in [1.165, 1.54) is 22.3 Å². The van der Waals surface area contributed by atoms with E-state index in [0.717, 1.165) is 6.42 Å². The number of fused-ring (bicyclic) bond motifs is 12. The zero-order valence-electron chi connectivity index (χ0n) is 16.7. The molecule has 2 aliphatic heterocycles. The summed E-state index contributed by atoms with van der Waals surface area (Å²) in [4.78, 5) is 0. The number of aliphatic hydroxyl groups is 1. The van der Waals surface area contributed by atoms with Gasteiger partial charge in [0.05, 0.1) is 6.10 Å². The molecule has 3 aromatic rings. The summed E-state index contributed by atoms with van der Waals surface area (Å²) in [5.41, 5.74) is 4.02. The largest absolute Gasteiger partial charge is 0.389 e. The van der Waals surface area contributed by atoms with E-state index in [-0.39, 0.29) is 11.8 Å². The van der Waals surface area contributed by atoms with Crippen molar-refractivity contribution in [3.8, 4) is 0 Å². The zero-order valence-corrected chi connectivity index (χ0v) is 16.7. The summed E-state index contributed by atoms with van der Waals surface area (Å²) in [7, 11) is 0. The van der Waals surface area contributed by atoms with E-state index in [9.17, 15) is 5.11 Å². The second kappa shape index (κ2) is 5.72. The van der Waals surface area contributed by atoms with Crippen LogP contribution in [0.15, 0.2) is 97.1 Å². The van der Waals surface area contributed by atoms with E-state index in [1.54, 1.807) is 0 Å². The lowest BCUT2D eigenvalue weighted by Gasteiger charge is -2.40. The minimum absolute atomic E-state index is 0.212. The van der Waals surface area contributed by atoms with Crippen LogP contribution in [0.1, 0.15) is 28.7 Å². The van der Waals surface area contributed by atoms with Gasteiger partial charge in [-0.25, -0.2) is 0 Å². The summed E-state index contributed by atoms with van der Waals surface area (Å²) in [5.74, 6) is 1.19. The third kappa shape index (κ3) is 1.80. The van der Waals surface area contributed by atoms with Gasteiger partial charge in [0.2, 0.25) is 0 Å². The number of hydrogen-bond donors (Lipinski definition) is 1. The molecule has 2 heterocycles. The maximum atomic E-state index is 11.0. The van der Waals surface area contributed by atoms with E-state index in [0.29, 0.717) is 11.8 Å². The Kier molecular flexibility index (Phi) is 3.25. The molecule has 0 spiro atoms. The predicted molar refractivity (Wildman–Crippen MR) is 116 cm³/mol. The van der Waals surface area contributed by atoms with Crippen molar-refractivity contribution < 1.29 is 9.84 Å². The van der Waals surface area contributed by atoms with Crippen LogP contribution in [0, 0.1) is 23.7 Å². The fourth-order valence-corrected chi connectivity index (χ4v) is 7.37. The molecule has 7 rings (SSSR count). The van der Waals surface area contributed by atoms with Crippen molar-refractivity contribution in [2.75, 3.05) is 0 Å². The fourth-order valence-electron chi connectivity index (χ4n) is 7.37. The van der Waals surface area contributed by atoms with E-state index < -0.39 is 17.3 Å². The summed E-state index contributed by atoms with van der Waals surface area (Å²) in [6, 6.07) is 30.3. The molecule has 4 bridgehead atoms. The molecule has 30 heavy (non-hydrogen) atoms. The maximum absolute atomic E-state index is 11.0. The van der Waals surface area contributed by atoms with Crippen LogP contribution in [0.3, 0.4) is 0 Å². The van der Waals surface area contributed by atoms with Gasteiger partial charge in [-0.1, -0.05) is 97.1 Å². The summed E-state index contributed by atoms with van der Waals surface area (Å²) in [5, 5.41) is 11.0. The quantitative estimate of drug-likeness (QED) is 0.621. The molecule has 4 aliphatic rings. The highest BCUT2D eigenvalue weighted by molar-refractivity contribution is 5.58. The van der Waals surface area contributed by atoms with Crippen molar-refractivity contribution in [1.82, 2.24) is 0 Å². The van der Waals surface area contributed by atoms with Gasteiger partial charge < -0.3 is 9.84 Å². The van der Waals surface area contributed by atoms with Gasteiger partial charge >= 0.3 is 0 Å². The molecule has 148 valence electrons. The minimum atomic E-state index is -0.523. The Morgan fingerprint density at radius 2 is 1.20 bits per heavy atom. The van der Waals surface area contributed by atoms with Gasteiger partial charge in [-0.05, 0) is 40.5 Å². The van der Waals surface area contributed by atoms with Crippen molar-refractivity contribution in [3.63, 3.8) is 0 Å². The molecule has 0 aromatic heterocycles. The number of ether oxygens (including phenoxy) is 1. The van der Waals surface area contributed by atoms with Gasteiger partial charge in [0.25, 0.3) is 0 Å². The Labute approximate surface area is 176 Å². The first-order valence-corrected chi connectivity index (χ1v) is 11.0. The van der Waals surface area contributed by atoms with Gasteiger partial charge in [0.15, 0.2) is 0 Å². The maximum Gasteiger partial charge on any atom is 0.124 e. The lowest BCUT2D eigenvalue weighted by Crippen LogP contribution is -2.42. The number of aliphatic hydroxyl groups excluding tert-OH is 1. The van der Waals surface area contributed by atoms with Gasteiger partial charge in [0.1, 0.15) is 11.2 Å². The Morgan fingerprint density at radius 3 is 1.80 bits per heavy atom. The standard InChI is InChI=1S/C28H24O2/c29-24-16-15-18-17-21(24)26-25(18)27(19-9-3-1-4-10-19)22-13-7-8-14-23(22)28(26,30-27)20-11-5-2-6-12-20/h1-16,18,21,24-26,29H,17H2/t18-,21-,24+,25+,26-,27-,28+/m1/s1. The minimum Gasteiger partial charge on any atom is -0.389 e. The molecule has 1 N–H and O–H groups in total. The lowest BCUT2D eigenvalue weighted by atomic mass is 9.59. The first kappa shape index (κ1) is 17.0. The molecule has 0 amide bonds. The topological polar surface area (TPSA) is 29.5 Å². The highest BCUT2D eigenvalue weighted by atomic mass is 16.5. The summed E-state index contributed by atoms with van der Waals surface area (Å²) in [6.07, 6.45) is 4.94. The Bertz CT molecular complexity index is 1150. The number of allylic oxidation sites excluding steroid dienone is 1. The lowest BCUT2D eigenvalue weighted by molar-refractivity contribution is -0.0761. The van der Waals surface area contributed by atoms with Crippen molar-refractivity contribution in [3.05, 3.63) is 119 Å². The molecule has 3 aromatic carbocycles. The zero-order chi connectivity index (χ0) is 19.9. The third-order valence-electron chi connectivity index (χ3n) is 8.24. The highest BCUT2D eigenvalue weighted by Gasteiger charge is 2.76. The SMILES string of the molecule is O[C@H]1C=C[C@@H]2C[C@H]1[C@@H]1[C@H]2[C@]2(c3ccccc3)O[C@@]1(c1ccccc1)c1ccccc12. The van der Waals surface area contributed by atoms with Crippen LogP contribution in [0.25, 0.3) is 0 Å². The van der Waals surface area contributed by atoms with Gasteiger partial charge in [0, 0.05) is 11.8 Å². The monoisotopic (exact) mass is 392 g/mol. The van der Waals surface area contributed by atoms with Crippen molar-refractivity contribution in [2.24, 2.45) is 23.7 Å². The van der Waals surface area contributed by atoms with Crippen molar-refractivity contribution in [2.45, 2.75) is 23.7 Å². The molecule has 0 radical (unpaired) electrons. The van der Waals surface area contributed by atoms with Crippen LogP contribution in [0.2, 0.25) is 0 Å². The molecule has 0 unspecified atom stereocenters. The van der Waals surface area contributed by atoms with Crippen LogP contribution in [-0.4, -0.2) is 11.2 Å². The summed E-state index contributed by atoms with van der Waals surface area (Å²) in [6.45, 7) is 0. The number of rotatable bonds is 2. The second-order valence-corrected chi connectivity index (χ2v) is 9.34. The van der Waals surface area contributed by atoms with Gasteiger partial charge in [-0.15, -0.1) is 0 Å². The molecule has 1 saturated carbocycles. The first-order chi connectivity index (χ1) is 14.8.